The van der Waals surface area contributed by atoms with Gasteiger partial charge < -0.3 is 4.90 Å². The van der Waals surface area contributed by atoms with Crippen LogP contribution in [0.3, 0.4) is 0 Å². The third-order valence-corrected chi connectivity index (χ3v) is 4.37. The molecule has 5 N–H and O–H groups in total. The number of para-hydroxylation sites is 2. The minimum absolute atomic E-state index is 0. The molecule has 0 atom stereocenters. The number of nitrogens with zero attached hydrogens (tertiary/aromatic N) is 2. The molecule has 6 nitrogen and oxygen atoms in total. The number of hydrogen-bond acceptors (Lipinski definition) is 4. The number of rotatable bonds is 5. The molecule has 0 radical (unpaired) electrons. The lowest BCUT2D eigenvalue weighted by molar-refractivity contribution is 0.246. The molecule has 28 heavy (non-hydrogen) atoms. The van der Waals surface area contributed by atoms with Crippen molar-refractivity contribution in [2.24, 2.45) is 11.7 Å². The summed E-state index contributed by atoms with van der Waals surface area (Å²) in [6, 6.07) is 15.5. The Hall–Kier alpha value is -2.57. The number of nitrogens with two attached hydrogens (primary N) is 2. The summed E-state index contributed by atoms with van der Waals surface area (Å²) in [5.41, 5.74) is 6.26. The van der Waals surface area contributed by atoms with E-state index < -0.39 is 6.03 Å². The zero-order valence-corrected chi connectivity index (χ0v) is 16.5. The molecular formula is C22H35N5O. The molecule has 0 aromatic heterocycles. The van der Waals surface area contributed by atoms with Crippen LogP contribution in [0.4, 0.5) is 16.2 Å². The Balaban J connectivity index is 0.000000921. The van der Waals surface area contributed by atoms with Gasteiger partial charge in [-0.25, -0.2) is 21.5 Å². The fourth-order valence-corrected chi connectivity index (χ4v) is 2.98. The van der Waals surface area contributed by atoms with Crippen LogP contribution in [-0.2, 0) is 6.54 Å². The van der Waals surface area contributed by atoms with E-state index >= 15 is 0 Å². The number of hydrogen-bond donors (Lipinski definition) is 3. The second-order valence-electron chi connectivity index (χ2n) is 6.84. The van der Waals surface area contributed by atoms with Gasteiger partial charge in [0.05, 0.1) is 11.4 Å². The maximum atomic E-state index is 11.7. The van der Waals surface area contributed by atoms with Gasteiger partial charge in [-0.15, -0.1) is 0 Å². The maximum absolute atomic E-state index is 11.7. The topological polar surface area (TPSA) is 87.6 Å². The van der Waals surface area contributed by atoms with E-state index in [1.165, 1.54) is 30.4 Å². The minimum atomic E-state index is -0.561. The lowest BCUT2D eigenvalue weighted by Gasteiger charge is -2.27. The first-order valence-corrected chi connectivity index (χ1v) is 9.46. The van der Waals surface area contributed by atoms with Crippen LogP contribution in [0, 0.1) is 0 Å². The van der Waals surface area contributed by atoms with Crippen LogP contribution in [0.1, 0.15) is 57.6 Å². The second-order valence-corrected chi connectivity index (χ2v) is 6.84. The molecule has 3 rings (SSSR count). The van der Waals surface area contributed by atoms with Gasteiger partial charge in [0.25, 0.3) is 0 Å². The van der Waals surface area contributed by atoms with E-state index in [0.717, 1.165) is 17.2 Å². The van der Waals surface area contributed by atoms with E-state index in [0.29, 0.717) is 11.6 Å². The third-order valence-electron chi connectivity index (χ3n) is 4.37. The molecule has 2 aromatic rings. The number of carbonyl (C=O) groups is 1. The summed E-state index contributed by atoms with van der Waals surface area (Å²) >= 11 is 0. The van der Waals surface area contributed by atoms with Crippen LogP contribution in [0.5, 0.6) is 0 Å². The zero-order valence-electron chi connectivity index (χ0n) is 16.5. The first-order chi connectivity index (χ1) is 13.0. The summed E-state index contributed by atoms with van der Waals surface area (Å²) in [6.45, 7) is 5.00. The van der Waals surface area contributed by atoms with Crippen LogP contribution >= 0.6 is 0 Å². The Bertz CT molecular complexity index is 745. The standard InChI is InChI=1S/C18H23N5O.C3H8.CH4/c1-22(12-14-6-2-3-7-15(14)13-10-11-13)16-8-4-5-9-17(16)23(20)18(24)21-19;1-3-2;/h2-9,13H,10-12,19-20H2,1H3,(H,21,24);3H2,1-2H3;1H4. The van der Waals surface area contributed by atoms with Crippen molar-refractivity contribution < 1.29 is 4.79 Å². The third kappa shape index (κ3) is 5.97. The summed E-state index contributed by atoms with van der Waals surface area (Å²) in [4.78, 5) is 13.8. The van der Waals surface area contributed by atoms with Crippen LogP contribution in [-0.4, -0.2) is 13.1 Å². The van der Waals surface area contributed by atoms with Gasteiger partial charge >= 0.3 is 6.03 Å². The molecule has 0 bridgehead atoms. The molecule has 0 heterocycles. The van der Waals surface area contributed by atoms with Crippen molar-refractivity contribution >= 4 is 17.4 Å². The van der Waals surface area contributed by atoms with E-state index in [2.05, 4.69) is 48.4 Å². The predicted molar refractivity (Wildman–Crippen MR) is 119 cm³/mol. The molecule has 0 unspecified atom stereocenters. The van der Waals surface area contributed by atoms with Crippen LogP contribution in [0.15, 0.2) is 48.5 Å². The Morgan fingerprint density at radius 1 is 1.07 bits per heavy atom. The van der Waals surface area contributed by atoms with Crippen LogP contribution in [0.2, 0.25) is 0 Å². The normalized spacial score (nSPS) is 12.2. The van der Waals surface area contributed by atoms with Gasteiger partial charge in [-0.2, -0.15) is 0 Å². The average molecular weight is 386 g/mol. The van der Waals surface area contributed by atoms with Gasteiger partial charge in [0.1, 0.15) is 0 Å². The molecule has 0 spiro atoms. The molecule has 6 heteroatoms. The molecule has 1 aliphatic rings. The van der Waals surface area contributed by atoms with E-state index in [-0.39, 0.29) is 7.43 Å². The summed E-state index contributed by atoms with van der Waals surface area (Å²) < 4.78 is 0. The van der Waals surface area contributed by atoms with Gasteiger partial charge in [-0.05, 0) is 42.0 Å². The first-order valence-electron chi connectivity index (χ1n) is 9.46. The number of urea groups is 1. The number of benzene rings is 2. The Labute approximate surface area is 169 Å². The number of hydrazine groups is 2. The highest BCUT2D eigenvalue weighted by atomic mass is 16.2. The molecule has 1 fully saturated rings. The number of amides is 2. The maximum Gasteiger partial charge on any atom is 0.350 e. The molecule has 154 valence electrons. The number of anilines is 2. The number of nitrogens with one attached hydrogen (secondary N) is 1. The van der Waals surface area contributed by atoms with Crippen LogP contribution in [0.25, 0.3) is 0 Å². The van der Waals surface area contributed by atoms with Crippen molar-refractivity contribution in [3.05, 3.63) is 59.7 Å². The summed E-state index contributed by atoms with van der Waals surface area (Å²) in [7, 11) is 2.00. The molecular weight excluding hydrogens is 350 g/mol. The molecule has 2 amide bonds. The van der Waals surface area contributed by atoms with E-state index in [1.54, 1.807) is 6.07 Å². The molecule has 0 saturated heterocycles. The first kappa shape index (κ1) is 23.5. The summed E-state index contributed by atoms with van der Waals surface area (Å²) in [5.74, 6) is 11.8. The lowest BCUT2D eigenvalue weighted by Crippen LogP contribution is -2.48. The van der Waals surface area contributed by atoms with Gasteiger partial charge in [-0.1, -0.05) is 64.1 Å². The fraction of sp³-hybridized carbons (Fsp3) is 0.409. The van der Waals surface area contributed by atoms with Crippen molar-refractivity contribution in [1.82, 2.24) is 5.43 Å². The lowest BCUT2D eigenvalue weighted by atomic mass is 10.0. The largest absolute Gasteiger partial charge is 0.369 e. The summed E-state index contributed by atoms with van der Waals surface area (Å²) in [5, 5.41) is 1.03. The average Bonchev–Trinajstić information content (AvgIpc) is 3.53. The van der Waals surface area contributed by atoms with Gasteiger partial charge in [-0.3, -0.25) is 5.43 Å². The zero-order chi connectivity index (χ0) is 19.8. The fourth-order valence-electron chi connectivity index (χ4n) is 2.98. The monoisotopic (exact) mass is 385 g/mol. The van der Waals surface area contributed by atoms with Crippen molar-refractivity contribution in [2.75, 3.05) is 17.0 Å². The van der Waals surface area contributed by atoms with Crippen molar-refractivity contribution in [3.63, 3.8) is 0 Å². The SMILES string of the molecule is C.CCC.CN(Cc1ccccc1C1CC1)c1ccccc1N(N)C(=O)NN. The summed E-state index contributed by atoms with van der Waals surface area (Å²) in [6.07, 6.45) is 3.79. The smallest absolute Gasteiger partial charge is 0.350 e. The molecule has 1 aliphatic carbocycles. The van der Waals surface area contributed by atoms with Gasteiger partial charge in [0.15, 0.2) is 0 Å². The molecule has 0 aliphatic heterocycles. The van der Waals surface area contributed by atoms with Gasteiger partial charge in [0.2, 0.25) is 0 Å². The van der Waals surface area contributed by atoms with E-state index in [4.69, 9.17) is 11.7 Å². The quantitative estimate of drug-likeness (QED) is 0.401. The van der Waals surface area contributed by atoms with Crippen LogP contribution < -0.4 is 27.0 Å². The van der Waals surface area contributed by atoms with Crippen molar-refractivity contribution in [2.45, 2.75) is 53.0 Å². The predicted octanol–water partition coefficient (Wildman–Crippen LogP) is 4.52. The highest BCUT2D eigenvalue weighted by Crippen LogP contribution is 2.42. The van der Waals surface area contributed by atoms with Crippen molar-refractivity contribution in [3.8, 4) is 0 Å². The Kier molecular flexibility index (Phi) is 9.48. The van der Waals surface area contributed by atoms with E-state index in [1.807, 2.05) is 25.2 Å². The molecule has 2 aromatic carbocycles. The van der Waals surface area contributed by atoms with E-state index in [9.17, 15) is 4.79 Å². The van der Waals surface area contributed by atoms with Gasteiger partial charge in [0, 0.05) is 13.6 Å². The molecule has 1 saturated carbocycles. The Morgan fingerprint density at radius 2 is 1.61 bits per heavy atom. The van der Waals surface area contributed by atoms with Crippen molar-refractivity contribution in [1.29, 1.82) is 0 Å². The minimum Gasteiger partial charge on any atom is -0.369 e. The Morgan fingerprint density at radius 3 is 2.18 bits per heavy atom. The highest BCUT2D eigenvalue weighted by Gasteiger charge is 2.26. The second kappa shape index (κ2) is 11.3. The highest BCUT2D eigenvalue weighted by molar-refractivity contribution is 5.94. The number of carbonyl (C=O) groups excluding carboxylic acids is 1.